The van der Waals surface area contributed by atoms with E-state index < -0.39 is 0 Å². The van der Waals surface area contributed by atoms with E-state index in [2.05, 4.69) is 4.98 Å². The van der Waals surface area contributed by atoms with Crippen molar-refractivity contribution >= 4 is 17.2 Å². The number of nitrogen functional groups attached to an aromatic ring is 1. The van der Waals surface area contributed by atoms with Crippen molar-refractivity contribution in [2.75, 3.05) is 0 Å². The fourth-order valence-electron chi connectivity index (χ4n) is 1.31. The zero-order valence-corrected chi connectivity index (χ0v) is 9.10. The van der Waals surface area contributed by atoms with Gasteiger partial charge in [0.2, 0.25) is 0 Å². The second-order valence-corrected chi connectivity index (χ2v) is 4.04. The van der Waals surface area contributed by atoms with Gasteiger partial charge in [0.15, 0.2) is 10.8 Å². The lowest BCUT2D eigenvalue weighted by Crippen LogP contribution is -2.11. The topological polar surface area (TPSA) is 75.9 Å². The highest BCUT2D eigenvalue weighted by atomic mass is 32.1. The van der Waals surface area contributed by atoms with Crippen molar-refractivity contribution in [3.8, 4) is 10.8 Å². The van der Waals surface area contributed by atoms with Crippen molar-refractivity contribution in [2.24, 2.45) is 5.73 Å². The van der Waals surface area contributed by atoms with E-state index in [1.807, 2.05) is 19.1 Å². The van der Waals surface area contributed by atoms with Gasteiger partial charge in [-0.05, 0) is 18.6 Å². The van der Waals surface area contributed by atoms with Gasteiger partial charge in [0.25, 0.3) is 0 Å². The molecule has 0 aliphatic heterocycles. The number of furan rings is 1. The number of nitrogens with two attached hydrogens (primary N) is 1. The Morgan fingerprint density at radius 3 is 2.93 bits per heavy atom. The highest BCUT2D eigenvalue weighted by Crippen LogP contribution is 2.28. The first kappa shape index (κ1) is 9.92. The van der Waals surface area contributed by atoms with Crippen LogP contribution in [-0.2, 0) is 6.42 Å². The largest absolute Gasteiger partial charge is 0.462 e. The Labute approximate surface area is 91.3 Å². The van der Waals surface area contributed by atoms with E-state index in [-0.39, 0.29) is 5.84 Å². The Hall–Kier alpha value is -1.62. The monoisotopic (exact) mass is 221 g/mol. The number of aromatic nitrogens is 1. The van der Waals surface area contributed by atoms with Crippen molar-refractivity contribution in [3.63, 3.8) is 0 Å². The van der Waals surface area contributed by atoms with Crippen LogP contribution in [0.1, 0.15) is 17.5 Å². The van der Waals surface area contributed by atoms with Gasteiger partial charge in [0.1, 0.15) is 5.84 Å². The lowest BCUT2D eigenvalue weighted by molar-refractivity contribution is 0.581. The van der Waals surface area contributed by atoms with Gasteiger partial charge in [-0.2, -0.15) is 0 Å². The van der Waals surface area contributed by atoms with Gasteiger partial charge in [-0.15, -0.1) is 11.3 Å². The molecule has 0 spiro atoms. The van der Waals surface area contributed by atoms with Crippen LogP contribution in [0.15, 0.2) is 22.8 Å². The molecule has 3 N–H and O–H groups in total. The molecule has 0 amide bonds. The molecule has 2 aromatic heterocycles. The Morgan fingerprint density at radius 1 is 1.67 bits per heavy atom. The number of rotatable bonds is 3. The Balaban J connectivity index is 2.48. The smallest absolute Gasteiger partial charge is 0.162 e. The molecule has 0 unspecified atom stereocenters. The van der Waals surface area contributed by atoms with Crippen LogP contribution < -0.4 is 5.73 Å². The van der Waals surface area contributed by atoms with Crippen LogP contribution in [0.4, 0.5) is 0 Å². The van der Waals surface area contributed by atoms with Crippen LogP contribution in [0.2, 0.25) is 0 Å². The van der Waals surface area contributed by atoms with E-state index >= 15 is 0 Å². The first-order valence-corrected chi connectivity index (χ1v) is 5.42. The van der Waals surface area contributed by atoms with E-state index in [1.54, 1.807) is 6.26 Å². The molecule has 0 aliphatic rings. The van der Waals surface area contributed by atoms with Gasteiger partial charge in [-0.25, -0.2) is 4.98 Å². The Bertz CT molecular complexity index is 473. The quantitative estimate of drug-likeness (QED) is 0.616. The minimum atomic E-state index is 0.0714. The summed E-state index contributed by atoms with van der Waals surface area (Å²) >= 11 is 1.40. The highest BCUT2D eigenvalue weighted by molar-refractivity contribution is 7.17. The molecule has 0 aromatic carbocycles. The van der Waals surface area contributed by atoms with Crippen LogP contribution in [0.3, 0.4) is 0 Å². The summed E-state index contributed by atoms with van der Waals surface area (Å²) in [5.74, 6) is 0.796. The van der Waals surface area contributed by atoms with Crippen LogP contribution in [0.25, 0.3) is 10.8 Å². The third kappa shape index (κ3) is 1.78. The van der Waals surface area contributed by atoms with E-state index in [0.29, 0.717) is 0 Å². The molecule has 0 fully saturated rings. The maximum absolute atomic E-state index is 7.44. The second kappa shape index (κ2) is 3.86. The SMILES string of the molecule is CCc1nc(-c2ccco2)sc1C(=N)N. The fraction of sp³-hybridized carbons (Fsp3) is 0.200. The molecule has 0 atom stereocenters. The van der Waals surface area contributed by atoms with E-state index in [4.69, 9.17) is 15.6 Å². The third-order valence-corrected chi connectivity index (χ3v) is 3.15. The normalized spacial score (nSPS) is 10.5. The zero-order chi connectivity index (χ0) is 10.8. The third-order valence-electron chi connectivity index (χ3n) is 2.01. The van der Waals surface area contributed by atoms with Gasteiger partial charge in [0.05, 0.1) is 16.8 Å². The van der Waals surface area contributed by atoms with Gasteiger partial charge in [0, 0.05) is 0 Å². The summed E-state index contributed by atoms with van der Waals surface area (Å²) < 4.78 is 5.25. The molecular weight excluding hydrogens is 210 g/mol. The average molecular weight is 221 g/mol. The maximum Gasteiger partial charge on any atom is 0.162 e. The minimum Gasteiger partial charge on any atom is -0.462 e. The molecule has 2 aromatic rings. The number of thiazole rings is 1. The number of aryl methyl sites for hydroxylation is 1. The van der Waals surface area contributed by atoms with Gasteiger partial charge in [-0.1, -0.05) is 6.92 Å². The molecule has 15 heavy (non-hydrogen) atoms. The predicted molar refractivity (Wildman–Crippen MR) is 60.2 cm³/mol. The van der Waals surface area contributed by atoms with E-state index in [0.717, 1.165) is 27.8 Å². The average Bonchev–Trinajstić information content (AvgIpc) is 2.86. The van der Waals surface area contributed by atoms with Crippen molar-refractivity contribution in [1.29, 1.82) is 5.41 Å². The molecule has 0 bridgehead atoms. The summed E-state index contributed by atoms with van der Waals surface area (Å²) in [6.45, 7) is 1.99. The molecular formula is C10H11N3OS. The Morgan fingerprint density at radius 2 is 2.47 bits per heavy atom. The molecule has 2 heterocycles. The molecule has 0 radical (unpaired) electrons. The van der Waals surface area contributed by atoms with Crippen molar-refractivity contribution in [1.82, 2.24) is 4.98 Å². The maximum atomic E-state index is 7.44. The summed E-state index contributed by atoms with van der Waals surface area (Å²) in [5, 5.41) is 8.22. The number of nitrogens with one attached hydrogen (secondary N) is 1. The number of nitrogens with zero attached hydrogens (tertiary/aromatic N) is 1. The number of hydrogen-bond donors (Lipinski definition) is 2. The summed E-state index contributed by atoms with van der Waals surface area (Å²) in [4.78, 5) is 5.14. The van der Waals surface area contributed by atoms with Crippen LogP contribution >= 0.6 is 11.3 Å². The fourth-order valence-corrected chi connectivity index (χ4v) is 2.29. The van der Waals surface area contributed by atoms with Gasteiger partial charge in [-0.3, -0.25) is 5.41 Å². The zero-order valence-electron chi connectivity index (χ0n) is 8.28. The molecule has 78 valence electrons. The lowest BCUT2D eigenvalue weighted by atomic mass is 10.3. The molecule has 0 saturated carbocycles. The lowest BCUT2D eigenvalue weighted by Gasteiger charge is -1.93. The van der Waals surface area contributed by atoms with Crippen LogP contribution in [0, 0.1) is 5.41 Å². The van der Waals surface area contributed by atoms with Crippen LogP contribution in [0.5, 0.6) is 0 Å². The van der Waals surface area contributed by atoms with Gasteiger partial charge < -0.3 is 10.2 Å². The van der Waals surface area contributed by atoms with E-state index in [9.17, 15) is 0 Å². The minimum absolute atomic E-state index is 0.0714. The molecule has 2 rings (SSSR count). The summed E-state index contributed by atoms with van der Waals surface area (Å²) in [7, 11) is 0. The summed E-state index contributed by atoms with van der Waals surface area (Å²) in [6.07, 6.45) is 2.38. The second-order valence-electron chi connectivity index (χ2n) is 3.04. The first-order valence-electron chi connectivity index (χ1n) is 4.60. The molecule has 4 nitrogen and oxygen atoms in total. The predicted octanol–water partition coefficient (Wildman–Crippen LogP) is 2.25. The number of amidine groups is 1. The highest BCUT2D eigenvalue weighted by Gasteiger charge is 2.14. The standard InChI is InChI=1S/C10H11N3OS/c1-2-6-8(9(11)12)15-10(13-6)7-4-3-5-14-7/h3-5H,2H2,1H3,(H3,11,12). The van der Waals surface area contributed by atoms with Crippen molar-refractivity contribution in [2.45, 2.75) is 13.3 Å². The molecule has 0 aliphatic carbocycles. The van der Waals surface area contributed by atoms with Crippen LogP contribution in [-0.4, -0.2) is 10.8 Å². The summed E-state index contributed by atoms with van der Waals surface area (Å²) in [6, 6.07) is 3.66. The summed E-state index contributed by atoms with van der Waals surface area (Å²) in [5.41, 5.74) is 6.34. The van der Waals surface area contributed by atoms with E-state index in [1.165, 1.54) is 11.3 Å². The van der Waals surface area contributed by atoms with Crippen molar-refractivity contribution < 1.29 is 4.42 Å². The molecule has 0 saturated heterocycles. The Kier molecular flexibility index (Phi) is 2.55. The van der Waals surface area contributed by atoms with Crippen molar-refractivity contribution in [3.05, 3.63) is 29.0 Å². The molecule has 5 heteroatoms. The number of hydrogen-bond acceptors (Lipinski definition) is 4. The van der Waals surface area contributed by atoms with Gasteiger partial charge >= 0.3 is 0 Å². The first-order chi connectivity index (χ1) is 7.22.